The molecule has 1 saturated heterocycles. The van der Waals surface area contributed by atoms with E-state index in [9.17, 15) is 0 Å². The number of hydrogen-bond acceptors (Lipinski definition) is 3. The van der Waals surface area contributed by atoms with Crippen LogP contribution in [0.1, 0.15) is 20.8 Å². The van der Waals surface area contributed by atoms with Gasteiger partial charge in [-0.05, 0) is 19.0 Å². The van der Waals surface area contributed by atoms with Crippen LogP contribution in [0.4, 0.5) is 0 Å². The van der Waals surface area contributed by atoms with E-state index < -0.39 is 0 Å². The van der Waals surface area contributed by atoms with Gasteiger partial charge in [0.25, 0.3) is 0 Å². The molecule has 0 spiro atoms. The van der Waals surface area contributed by atoms with Crippen LogP contribution in [0.25, 0.3) is 0 Å². The highest BCUT2D eigenvalue weighted by Crippen LogP contribution is 2.12. The van der Waals surface area contributed by atoms with Crippen LogP contribution in [0.15, 0.2) is 0 Å². The quantitative estimate of drug-likeness (QED) is 0.667. The van der Waals surface area contributed by atoms with Crippen LogP contribution < -0.4 is 10.6 Å². The van der Waals surface area contributed by atoms with Crippen molar-refractivity contribution in [2.75, 3.05) is 32.8 Å². The molecule has 2 atom stereocenters. The molecule has 1 aliphatic heterocycles. The summed E-state index contributed by atoms with van der Waals surface area (Å²) in [7, 11) is 0. The Morgan fingerprint density at radius 1 is 1.36 bits per heavy atom. The molecule has 1 aliphatic rings. The first-order valence-electron chi connectivity index (χ1n) is 5.75. The molecule has 14 heavy (non-hydrogen) atoms. The molecule has 1 fully saturated rings. The molecule has 3 heteroatoms. The van der Waals surface area contributed by atoms with Crippen molar-refractivity contribution in [3.63, 3.8) is 0 Å². The number of hydrogen-bond donors (Lipinski definition) is 2. The van der Waals surface area contributed by atoms with Crippen molar-refractivity contribution in [2.24, 2.45) is 11.8 Å². The lowest BCUT2D eigenvalue weighted by Crippen LogP contribution is -2.40. The normalized spacial score (nSPS) is 27.4. The molecule has 3 nitrogen and oxygen atoms in total. The molecule has 2 unspecified atom stereocenters. The Morgan fingerprint density at radius 2 is 2.14 bits per heavy atom. The average Bonchev–Trinajstić information content (AvgIpc) is 2.53. The Labute approximate surface area is 87.6 Å². The summed E-state index contributed by atoms with van der Waals surface area (Å²) in [6.45, 7) is 11.6. The number of ether oxygens (including phenoxy) is 1. The van der Waals surface area contributed by atoms with Gasteiger partial charge in [0.1, 0.15) is 0 Å². The van der Waals surface area contributed by atoms with Crippen molar-refractivity contribution in [3.8, 4) is 0 Å². The lowest BCUT2D eigenvalue weighted by Gasteiger charge is -2.19. The Kier molecular flexibility index (Phi) is 5.45. The minimum Gasteiger partial charge on any atom is -0.379 e. The highest BCUT2D eigenvalue weighted by atomic mass is 16.5. The largest absolute Gasteiger partial charge is 0.379 e. The second kappa shape index (κ2) is 6.38. The second-order valence-electron chi connectivity index (χ2n) is 4.51. The minimum absolute atomic E-state index is 0.555. The van der Waals surface area contributed by atoms with Crippen molar-refractivity contribution in [2.45, 2.75) is 26.8 Å². The van der Waals surface area contributed by atoms with E-state index in [2.05, 4.69) is 31.4 Å². The van der Waals surface area contributed by atoms with Crippen molar-refractivity contribution in [1.82, 2.24) is 10.6 Å². The van der Waals surface area contributed by atoms with Crippen LogP contribution >= 0.6 is 0 Å². The molecule has 0 aromatic heterocycles. The van der Waals surface area contributed by atoms with Gasteiger partial charge in [-0.15, -0.1) is 0 Å². The number of nitrogens with one attached hydrogen (secondary N) is 2. The molecule has 0 amide bonds. The molecule has 0 radical (unpaired) electrons. The topological polar surface area (TPSA) is 33.3 Å². The summed E-state index contributed by atoms with van der Waals surface area (Å²) in [6, 6.07) is 0.555. The Hall–Kier alpha value is -0.120. The van der Waals surface area contributed by atoms with Crippen molar-refractivity contribution in [1.29, 1.82) is 0 Å². The number of likely N-dealkylation sites (N-methyl/N-ethyl adjacent to an activating group) is 1. The smallest absolute Gasteiger partial charge is 0.0623 e. The fourth-order valence-electron chi connectivity index (χ4n) is 1.84. The maximum Gasteiger partial charge on any atom is 0.0623 e. The molecular formula is C11H24N2O. The Bertz CT molecular complexity index is 150. The van der Waals surface area contributed by atoms with Gasteiger partial charge in [-0.1, -0.05) is 20.8 Å². The summed E-state index contributed by atoms with van der Waals surface area (Å²) in [5, 5.41) is 6.96. The zero-order valence-electron chi connectivity index (χ0n) is 9.68. The summed E-state index contributed by atoms with van der Waals surface area (Å²) in [5.74, 6) is 1.38. The van der Waals surface area contributed by atoms with Crippen LogP contribution in [0.5, 0.6) is 0 Å². The fourth-order valence-corrected chi connectivity index (χ4v) is 1.84. The van der Waals surface area contributed by atoms with Gasteiger partial charge in [0, 0.05) is 18.5 Å². The van der Waals surface area contributed by atoms with Crippen LogP contribution in [0, 0.1) is 11.8 Å². The zero-order chi connectivity index (χ0) is 10.4. The lowest BCUT2D eigenvalue weighted by atomic mass is 10.0. The molecule has 0 bridgehead atoms. The van der Waals surface area contributed by atoms with Crippen LogP contribution in [0.3, 0.4) is 0 Å². The molecule has 0 aromatic rings. The van der Waals surface area contributed by atoms with E-state index in [-0.39, 0.29) is 0 Å². The molecule has 0 saturated carbocycles. The molecule has 84 valence electrons. The molecule has 2 N–H and O–H groups in total. The van der Waals surface area contributed by atoms with E-state index in [0.29, 0.717) is 12.0 Å². The van der Waals surface area contributed by atoms with Gasteiger partial charge in [-0.25, -0.2) is 0 Å². The summed E-state index contributed by atoms with van der Waals surface area (Å²) < 4.78 is 5.48. The molecule has 1 rings (SSSR count). The molecule has 0 aliphatic carbocycles. The van der Waals surface area contributed by atoms with Gasteiger partial charge in [0.15, 0.2) is 0 Å². The standard InChI is InChI=1S/C11H24N2O/c1-4-13-11-8-14-7-10(11)6-12-5-9(2)3/h9-13H,4-8H2,1-3H3. The second-order valence-corrected chi connectivity index (χ2v) is 4.51. The van der Waals surface area contributed by atoms with E-state index in [1.54, 1.807) is 0 Å². The summed E-state index contributed by atoms with van der Waals surface area (Å²) >= 11 is 0. The Morgan fingerprint density at radius 3 is 2.79 bits per heavy atom. The summed E-state index contributed by atoms with van der Waals surface area (Å²) in [6.07, 6.45) is 0. The van der Waals surface area contributed by atoms with Gasteiger partial charge < -0.3 is 15.4 Å². The summed E-state index contributed by atoms with van der Waals surface area (Å²) in [4.78, 5) is 0. The lowest BCUT2D eigenvalue weighted by molar-refractivity contribution is 0.182. The first-order valence-corrected chi connectivity index (χ1v) is 5.75. The highest BCUT2D eigenvalue weighted by Gasteiger charge is 2.26. The van der Waals surface area contributed by atoms with Gasteiger partial charge in [0.05, 0.1) is 13.2 Å². The Balaban J connectivity index is 2.15. The first-order chi connectivity index (χ1) is 6.74. The zero-order valence-corrected chi connectivity index (χ0v) is 9.68. The molecule has 1 heterocycles. The van der Waals surface area contributed by atoms with E-state index >= 15 is 0 Å². The molecular weight excluding hydrogens is 176 g/mol. The summed E-state index contributed by atoms with van der Waals surface area (Å²) in [5.41, 5.74) is 0. The van der Waals surface area contributed by atoms with Gasteiger partial charge >= 0.3 is 0 Å². The van der Waals surface area contributed by atoms with Crippen molar-refractivity contribution >= 4 is 0 Å². The average molecular weight is 200 g/mol. The SMILES string of the molecule is CCNC1COCC1CNCC(C)C. The van der Waals surface area contributed by atoms with Crippen molar-refractivity contribution in [3.05, 3.63) is 0 Å². The van der Waals surface area contributed by atoms with Gasteiger partial charge in [-0.2, -0.15) is 0 Å². The third-order valence-electron chi connectivity index (χ3n) is 2.62. The maximum absolute atomic E-state index is 5.48. The predicted molar refractivity (Wildman–Crippen MR) is 59.5 cm³/mol. The predicted octanol–water partition coefficient (Wildman–Crippen LogP) is 0.856. The monoisotopic (exact) mass is 200 g/mol. The minimum atomic E-state index is 0.555. The molecule has 0 aromatic carbocycles. The highest BCUT2D eigenvalue weighted by molar-refractivity contribution is 4.82. The first kappa shape index (κ1) is 12.0. The maximum atomic E-state index is 5.48. The van der Waals surface area contributed by atoms with E-state index in [4.69, 9.17) is 4.74 Å². The van der Waals surface area contributed by atoms with Gasteiger partial charge in [-0.3, -0.25) is 0 Å². The van der Waals surface area contributed by atoms with E-state index in [1.807, 2.05) is 0 Å². The van der Waals surface area contributed by atoms with Crippen LogP contribution in [-0.2, 0) is 4.74 Å². The van der Waals surface area contributed by atoms with Crippen molar-refractivity contribution < 1.29 is 4.74 Å². The van der Waals surface area contributed by atoms with Crippen LogP contribution in [0.2, 0.25) is 0 Å². The van der Waals surface area contributed by atoms with E-state index in [1.165, 1.54) is 0 Å². The van der Waals surface area contributed by atoms with Crippen LogP contribution in [-0.4, -0.2) is 38.9 Å². The fraction of sp³-hybridized carbons (Fsp3) is 1.00. The van der Waals surface area contributed by atoms with E-state index in [0.717, 1.165) is 38.8 Å². The third-order valence-corrected chi connectivity index (χ3v) is 2.62. The number of rotatable bonds is 6. The third kappa shape index (κ3) is 3.95. The van der Waals surface area contributed by atoms with Gasteiger partial charge in [0.2, 0.25) is 0 Å².